The summed E-state index contributed by atoms with van der Waals surface area (Å²) >= 11 is 1.73. The number of phenols is 1. The third kappa shape index (κ3) is 3.40. The van der Waals surface area contributed by atoms with Gasteiger partial charge in [0.25, 0.3) is 0 Å². The van der Waals surface area contributed by atoms with Crippen molar-refractivity contribution in [3.8, 4) is 5.75 Å². The highest BCUT2D eigenvalue weighted by Gasteiger charge is 2.19. The first-order valence-corrected chi connectivity index (χ1v) is 9.26. The molecule has 5 heteroatoms. The van der Waals surface area contributed by atoms with Gasteiger partial charge in [-0.15, -0.1) is 11.3 Å². The fourth-order valence-corrected chi connectivity index (χ4v) is 4.03. The average Bonchev–Trinajstić information content (AvgIpc) is 3.16. The Morgan fingerprint density at radius 1 is 1.04 bits per heavy atom. The number of thiophene rings is 1. The van der Waals surface area contributed by atoms with Gasteiger partial charge < -0.3 is 14.8 Å². The molecule has 4 rings (SSSR count). The third-order valence-corrected chi connectivity index (χ3v) is 5.35. The Balaban J connectivity index is 1.68. The maximum atomic E-state index is 11.9. The maximum Gasteiger partial charge on any atom is 0.336 e. The Morgan fingerprint density at radius 2 is 1.88 bits per heavy atom. The van der Waals surface area contributed by atoms with Crippen molar-refractivity contribution in [2.24, 2.45) is 0 Å². The normalized spacial score (nSPS) is 12.3. The maximum absolute atomic E-state index is 11.9. The number of quaternary nitrogens is 1. The fraction of sp³-hybridized carbons (Fsp3) is 0.0952. The van der Waals surface area contributed by atoms with Crippen molar-refractivity contribution >= 4 is 22.3 Å². The van der Waals surface area contributed by atoms with Gasteiger partial charge in [-0.25, -0.2) is 4.79 Å². The Hall–Kier alpha value is -2.89. The second-order valence-electron chi connectivity index (χ2n) is 6.11. The van der Waals surface area contributed by atoms with E-state index >= 15 is 0 Å². The first-order chi connectivity index (χ1) is 12.7. The molecule has 1 atom stereocenters. The van der Waals surface area contributed by atoms with Crippen molar-refractivity contribution in [2.45, 2.75) is 12.6 Å². The molecular formula is C21H18NO3S+. The van der Waals surface area contributed by atoms with E-state index in [1.54, 1.807) is 23.5 Å². The van der Waals surface area contributed by atoms with Crippen molar-refractivity contribution in [1.29, 1.82) is 0 Å². The summed E-state index contributed by atoms with van der Waals surface area (Å²) < 4.78 is 5.22. The van der Waals surface area contributed by atoms with Crippen LogP contribution in [0, 0.1) is 0 Å². The molecule has 130 valence electrons. The Bertz CT molecular complexity index is 1070. The van der Waals surface area contributed by atoms with Crippen LogP contribution in [0.5, 0.6) is 5.75 Å². The van der Waals surface area contributed by atoms with Crippen molar-refractivity contribution in [1.82, 2.24) is 0 Å². The van der Waals surface area contributed by atoms with Gasteiger partial charge in [0.15, 0.2) is 0 Å². The van der Waals surface area contributed by atoms with Gasteiger partial charge in [-0.05, 0) is 23.6 Å². The highest BCUT2D eigenvalue weighted by Crippen LogP contribution is 2.24. The number of rotatable bonds is 5. The molecule has 0 aliphatic carbocycles. The van der Waals surface area contributed by atoms with Crippen molar-refractivity contribution < 1.29 is 14.8 Å². The standard InChI is InChI=1S/C21H17NO3S/c23-16-8-9-17-15(11-20(24)25-18(17)12-16)13-22-21(19-7-4-10-26-19)14-5-2-1-3-6-14/h1-12,21-23H,13H2/p+1/t21-/m1/s1. The van der Waals surface area contributed by atoms with Crippen LogP contribution in [0.25, 0.3) is 11.0 Å². The predicted molar refractivity (Wildman–Crippen MR) is 102 cm³/mol. The number of nitrogens with two attached hydrogens (primary N) is 1. The van der Waals surface area contributed by atoms with Gasteiger partial charge in [-0.1, -0.05) is 36.4 Å². The lowest BCUT2D eigenvalue weighted by Crippen LogP contribution is -2.83. The first-order valence-electron chi connectivity index (χ1n) is 8.38. The third-order valence-electron chi connectivity index (χ3n) is 4.40. The van der Waals surface area contributed by atoms with E-state index in [0.717, 1.165) is 10.9 Å². The molecule has 0 aliphatic rings. The summed E-state index contributed by atoms with van der Waals surface area (Å²) in [5, 5.41) is 14.8. The van der Waals surface area contributed by atoms with Gasteiger partial charge in [0, 0.05) is 28.6 Å². The Morgan fingerprint density at radius 3 is 2.65 bits per heavy atom. The van der Waals surface area contributed by atoms with Gasteiger partial charge >= 0.3 is 5.63 Å². The van der Waals surface area contributed by atoms with Crippen LogP contribution in [-0.2, 0) is 6.54 Å². The van der Waals surface area contributed by atoms with E-state index in [4.69, 9.17) is 4.42 Å². The summed E-state index contributed by atoms with van der Waals surface area (Å²) in [6.45, 7) is 0.629. The molecule has 0 radical (unpaired) electrons. The quantitative estimate of drug-likeness (QED) is 0.533. The summed E-state index contributed by atoms with van der Waals surface area (Å²) in [4.78, 5) is 13.2. The number of hydrogen-bond donors (Lipinski definition) is 2. The summed E-state index contributed by atoms with van der Waals surface area (Å²) in [7, 11) is 0. The Labute approximate surface area is 154 Å². The molecule has 3 N–H and O–H groups in total. The predicted octanol–water partition coefficient (Wildman–Crippen LogP) is 3.41. The second kappa shape index (κ2) is 7.15. The van der Waals surface area contributed by atoms with E-state index in [9.17, 15) is 9.90 Å². The number of hydrogen-bond acceptors (Lipinski definition) is 4. The smallest absolute Gasteiger partial charge is 0.336 e. The SMILES string of the molecule is O=c1cc(C[NH2+][C@H](c2ccccc2)c2cccs2)c2ccc(O)cc2o1. The van der Waals surface area contributed by atoms with E-state index in [-0.39, 0.29) is 11.8 Å². The number of phenolic OH excluding ortho intramolecular Hbond substituents is 1. The van der Waals surface area contributed by atoms with E-state index in [1.807, 2.05) is 18.2 Å². The Kier molecular flexibility index (Phi) is 4.56. The van der Waals surface area contributed by atoms with Gasteiger partial charge in [-0.3, -0.25) is 0 Å². The van der Waals surface area contributed by atoms with Crippen LogP contribution >= 0.6 is 11.3 Å². The van der Waals surface area contributed by atoms with Crippen LogP contribution in [0.4, 0.5) is 0 Å². The summed E-state index contributed by atoms with van der Waals surface area (Å²) in [5.41, 5.74) is 2.13. The van der Waals surface area contributed by atoms with E-state index in [0.29, 0.717) is 12.1 Å². The molecule has 26 heavy (non-hydrogen) atoms. The number of aromatic hydroxyl groups is 1. The van der Waals surface area contributed by atoms with Crippen molar-refractivity contribution in [3.63, 3.8) is 0 Å². The van der Waals surface area contributed by atoms with Crippen molar-refractivity contribution in [2.75, 3.05) is 0 Å². The van der Waals surface area contributed by atoms with Gasteiger partial charge in [0.1, 0.15) is 23.9 Å². The molecule has 0 unspecified atom stereocenters. The van der Waals surface area contributed by atoms with Crippen LogP contribution in [0.2, 0.25) is 0 Å². The minimum atomic E-state index is -0.404. The largest absolute Gasteiger partial charge is 0.508 e. The molecule has 0 fully saturated rings. The van der Waals surface area contributed by atoms with Crippen LogP contribution in [0.3, 0.4) is 0 Å². The van der Waals surface area contributed by atoms with E-state index < -0.39 is 5.63 Å². The minimum absolute atomic E-state index is 0.0857. The van der Waals surface area contributed by atoms with Gasteiger partial charge in [-0.2, -0.15) is 0 Å². The molecule has 2 aromatic carbocycles. The molecule has 0 bridgehead atoms. The molecule has 0 amide bonds. The van der Waals surface area contributed by atoms with Crippen LogP contribution in [0.15, 0.2) is 81.3 Å². The van der Waals surface area contributed by atoms with E-state index in [2.05, 4.69) is 35.0 Å². The fourth-order valence-electron chi connectivity index (χ4n) is 3.18. The summed E-state index contributed by atoms with van der Waals surface area (Å²) in [6.07, 6.45) is 0. The summed E-state index contributed by atoms with van der Waals surface area (Å²) in [5.74, 6) is 0.0857. The lowest BCUT2D eigenvalue weighted by atomic mass is 10.0. The van der Waals surface area contributed by atoms with Gasteiger partial charge in [0.2, 0.25) is 0 Å². The van der Waals surface area contributed by atoms with Crippen LogP contribution in [-0.4, -0.2) is 5.11 Å². The minimum Gasteiger partial charge on any atom is -0.508 e. The molecule has 2 aromatic heterocycles. The average molecular weight is 364 g/mol. The zero-order valence-corrected chi connectivity index (χ0v) is 14.8. The molecule has 0 aliphatic heterocycles. The van der Waals surface area contributed by atoms with Crippen LogP contribution in [0.1, 0.15) is 22.0 Å². The molecule has 4 aromatic rings. The highest BCUT2D eigenvalue weighted by molar-refractivity contribution is 7.10. The lowest BCUT2D eigenvalue weighted by molar-refractivity contribution is -0.701. The molecule has 4 nitrogen and oxygen atoms in total. The zero-order chi connectivity index (χ0) is 17.9. The lowest BCUT2D eigenvalue weighted by Gasteiger charge is -2.15. The molecule has 0 saturated heterocycles. The van der Waals surface area contributed by atoms with E-state index in [1.165, 1.54) is 22.6 Å². The van der Waals surface area contributed by atoms with Gasteiger partial charge in [0.05, 0.1) is 4.88 Å². The monoisotopic (exact) mass is 364 g/mol. The number of fused-ring (bicyclic) bond motifs is 1. The van der Waals surface area contributed by atoms with Crippen LogP contribution < -0.4 is 10.9 Å². The summed E-state index contributed by atoms with van der Waals surface area (Å²) in [6, 6.07) is 21.1. The topological polar surface area (TPSA) is 67.0 Å². The number of benzene rings is 2. The first kappa shape index (κ1) is 16.6. The second-order valence-corrected chi connectivity index (χ2v) is 7.09. The van der Waals surface area contributed by atoms with Crippen molar-refractivity contribution in [3.05, 3.63) is 98.5 Å². The molecular weight excluding hydrogens is 346 g/mol. The molecule has 2 heterocycles. The highest BCUT2D eigenvalue weighted by atomic mass is 32.1. The zero-order valence-electron chi connectivity index (χ0n) is 14.0. The molecule has 0 saturated carbocycles. The molecule has 0 spiro atoms.